The largest absolute Gasteiger partial charge is 0.444 e. The summed E-state index contributed by atoms with van der Waals surface area (Å²) in [7, 11) is 0. The molecule has 4 nitrogen and oxygen atoms in total. The molecule has 0 saturated heterocycles. The number of carbonyl (C=O) groups is 1. The van der Waals surface area contributed by atoms with Crippen molar-refractivity contribution in [3.8, 4) is 0 Å². The van der Waals surface area contributed by atoms with Gasteiger partial charge in [0.05, 0.1) is 6.54 Å². The van der Waals surface area contributed by atoms with Crippen LogP contribution in [0, 0.1) is 0 Å². The highest BCUT2D eigenvalue weighted by molar-refractivity contribution is 5.68. The van der Waals surface area contributed by atoms with Crippen LogP contribution in [-0.2, 0) is 17.7 Å². The van der Waals surface area contributed by atoms with Gasteiger partial charge in [-0.2, -0.15) is 0 Å². The van der Waals surface area contributed by atoms with E-state index in [1.54, 1.807) is 4.90 Å². The summed E-state index contributed by atoms with van der Waals surface area (Å²) < 4.78 is 5.34. The number of aromatic nitrogens is 1. The molecule has 0 fully saturated rings. The van der Waals surface area contributed by atoms with Crippen LogP contribution < -0.4 is 0 Å². The lowest BCUT2D eigenvalue weighted by molar-refractivity contribution is 0.0222. The number of hydrogen-bond acceptors (Lipinski definition) is 2. The van der Waals surface area contributed by atoms with Crippen LogP contribution in [0.25, 0.3) is 0 Å². The molecule has 2 rings (SSSR count). The summed E-state index contributed by atoms with van der Waals surface area (Å²) in [5, 5.41) is 0. The number of ether oxygens (including phenoxy) is 1. The topological polar surface area (TPSA) is 45.3 Å². The summed E-state index contributed by atoms with van der Waals surface area (Å²) in [6.45, 7) is 7.01. The second-order valence-electron chi connectivity index (χ2n) is 5.13. The first-order valence-electron chi connectivity index (χ1n) is 5.59. The maximum atomic E-state index is 11.8. The average Bonchev–Trinajstić information content (AvgIpc) is 2.61. The van der Waals surface area contributed by atoms with Crippen molar-refractivity contribution in [1.29, 1.82) is 0 Å². The third-order valence-electron chi connectivity index (χ3n) is 2.58. The van der Waals surface area contributed by atoms with Gasteiger partial charge in [0.1, 0.15) is 5.60 Å². The zero-order chi connectivity index (χ0) is 11.8. The van der Waals surface area contributed by atoms with Crippen molar-refractivity contribution >= 4 is 6.09 Å². The molecule has 0 atom stereocenters. The summed E-state index contributed by atoms with van der Waals surface area (Å²) >= 11 is 0. The number of hydrogen-bond donors (Lipinski definition) is 1. The molecule has 0 radical (unpaired) electrons. The van der Waals surface area contributed by atoms with E-state index in [0.717, 1.165) is 18.7 Å². The molecular weight excluding hydrogens is 204 g/mol. The predicted octanol–water partition coefficient (Wildman–Crippen LogP) is 2.31. The molecule has 0 aromatic carbocycles. The van der Waals surface area contributed by atoms with Crippen LogP contribution in [0.15, 0.2) is 12.3 Å². The Morgan fingerprint density at radius 3 is 2.94 bits per heavy atom. The van der Waals surface area contributed by atoms with E-state index < -0.39 is 5.60 Å². The van der Waals surface area contributed by atoms with Crippen LogP contribution in [0.2, 0.25) is 0 Å². The fourth-order valence-corrected chi connectivity index (χ4v) is 1.83. The quantitative estimate of drug-likeness (QED) is 0.732. The number of nitrogens with one attached hydrogen (secondary N) is 1. The van der Waals surface area contributed by atoms with Crippen molar-refractivity contribution < 1.29 is 9.53 Å². The number of carbonyl (C=O) groups excluding carboxylic acids is 1. The standard InChI is InChI=1S/C12H18N2O2/c1-12(2,3)16-11(15)14-7-5-9-4-6-13-10(9)8-14/h4,6,13H,5,7-8H2,1-3H3. The minimum atomic E-state index is -0.424. The van der Waals surface area contributed by atoms with Crippen LogP contribution >= 0.6 is 0 Å². The third kappa shape index (κ3) is 2.38. The number of H-pyrrole nitrogens is 1. The van der Waals surface area contributed by atoms with Crippen LogP contribution in [0.4, 0.5) is 4.79 Å². The number of aromatic amines is 1. The number of fused-ring (bicyclic) bond motifs is 1. The SMILES string of the molecule is CC(C)(C)OC(=O)N1CCc2cc[nH]c2C1. The van der Waals surface area contributed by atoms with Crippen molar-refractivity contribution in [2.24, 2.45) is 0 Å². The van der Waals surface area contributed by atoms with Gasteiger partial charge in [0.2, 0.25) is 0 Å². The molecule has 1 aromatic rings. The van der Waals surface area contributed by atoms with Gasteiger partial charge in [0.15, 0.2) is 0 Å². The Labute approximate surface area is 95.6 Å². The van der Waals surface area contributed by atoms with Gasteiger partial charge >= 0.3 is 6.09 Å². The Balaban J connectivity index is 2.01. The van der Waals surface area contributed by atoms with Gasteiger partial charge in [-0.15, -0.1) is 0 Å². The first-order valence-corrected chi connectivity index (χ1v) is 5.59. The van der Waals surface area contributed by atoms with Crippen LogP contribution in [0.1, 0.15) is 32.0 Å². The maximum absolute atomic E-state index is 11.8. The average molecular weight is 222 g/mol. The second kappa shape index (κ2) is 3.85. The normalized spacial score (nSPS) is 15.8. The molecule has 1 aliphatic rings. The fraction of sp³-hybridized carbons (Fsp3) is 0.583. The van der Waals surface area contributed by atoms with Crippen molar-refractivity contribution in [2.45, 2.75) is 39.3 Å². The van der Waals surface area contributed by atoms with Crippen molar-refractivity contribution in [3.05, 3.63) is 23.5 Å². The molecule has 1 N–H and O–H groups in total. The van der Waals surface area contributed by atoms with E-state index in [-0.39, 0.29) is 6.09 Å². The van der Waals surface area contributed by atoms with Gasteiger partial charge in [-0.25, -0.2) is 4.79 Å². The van der Waals surface area contributed by atoms with E-state index in [0.29, 0.717) is 6.54 Å². The molecule has 0 unspecified atom stereocenters. The van der Waals surface area contributed by atoms with Crippen LogP contribution in [-0.4, -0.2) is 28.1 Å². The second-order valence-corrected chi connectivity index (χ2v) is 5.13. The molecule has 4 heteroatoms. The molecule has 1 amide bonds. The Kier molecular flexibility index (Phi) is 2.66. The number of nitrogens with zero attached hydrogens (tertiary/aromatic N) is 1. The minimum absolute atomic E-state index is 0.229. The highest BCUT2D eigenvalue weighted by Crippen LogP contribution is 2.19. The van der Waals surface area contributed by atoms with E-state index in [4.69, 9.17) is 4.74 Å². The molecule has 16 heavy (non-hydrogen) atoms. The highest BCUT2D eigenvalue weighted by atomic mass is 16.6. The molecule has 0 saturated carbocycles. The van der Waals surface area contributed by atoms with Gasteiger partial charge in [0, 0.05) is 18.4 Å². The fourth-order valence-electron chi connectivity index (χ4n) is 1.83. The number of rotatable bonds is 0. The summed E-state index contributed by atoms with van der Waals surface area (Å²) in [6, 6.07) is 2.07. The zero-order valence-corrected chi connectivity index (χ0v) is 10.0. The first kappa shape index (κ1) is 11.0. The Bertz CT molecular complexity index is 390. The van der Waals surface area contributed by atoms with E-state index in [1.807, 2.05) is 27.0 Å². The summed E-state index contributed by atoms with van der Waals surface area (Å²) in [6.07, 6.45) is 2.59. The summed E-state index contributed by atoms with van der Waals surface area (Å²) in [5.74, 6) is 0. The lowest BCUT2D eigenvalue weighted by Gasteiger charge is -2.29. The van der Waals surface area contributed by atoms with Crippen molar-refractivity contribution in [3.63, 3.8) is 0 Å². The third-order valence-corrected chi connectivity index (χ3v) is 2.58. The predicted molar refractivity (Wildman–Crippen MR) is 61.1 cm³/mol. The van der Waals surface area contributed by atoms with Crippen LogP contribution in [0.3, 0.4) is 0 Å². The van der Waals surface area contributed by atoms with Gasteiger partial charge in [0.25, 0.3) is 0 Å². The van der Waals surface area contributed by atoms with E-state index in [2.05, 4.69) is 11.1 Å². The molecule has 0 bridgehead atoms. The highest BCUT2D eigenvalue weighted by Gasteiger charge is 2.25. The van der Waals surface area contributed by atoms with E-state index >= 15 is 0 Å². The van der Waals surface area contributed by atoms with Crippen molar-refractivity contribution in [2.75, 3.05) is 6.54 Å². The van der Waals surface area contributed by atoms with Crippen molar-refractivity contribution in [1.82, 2.24) is 9.88 Å². The lowest BCUT2D eigenvalue weighted by atomic mass is 10.1. The first-order chi connectivity index (χ1) is 7.46. The molecule has 0 spiro atoms. The van der Waals surface area contributed by atoms with Gasteiger partial charge < -0.3 is 14.6 Å². The smallest absolute Gasteiger partial charge is 0.410 e. The Morgan fingerprint density at radius 1 is 1.50 bits per heavy atom. The minimum Gasteiger partial charge on any atom is -0.444 e. The lowest BCUT2D eigenvalue weighted by Crippen LogP contribution is -2.39. The van der Waals surface area contributed by atoms with Gasteiger partial charge in [-0.1, -0.05) is 0 Å². The zero-order valence-electron chi connectivity index (χ0n) is 10.0. The molecule has 0 aliphatic carbocycles. The van der Waals surface area contributed by atoms with Gasteiger partial charge in [-0.05, 0) is 38.8 Å². The summed E-state index contributed by atoms with van der Waals surface area (Å²) in [5.41, 5.74) is 2.00. The van der Waals surface area contributed by atoms with Gasteiger partial charge in [-0.3, -0.25) is 0 Å². The molecular formula is C12H18N2O2. The molecule has 2 heterocycles. The Hall–Kier alpha value is -1.45. The summed E-state index contributed by atoms with van der Waals surface area (Å²) in [4.78, 5) is 16.7. The van der Waals surface area contributed by atoms with E-state index in [1.165, 1.54) is 5.56 Å². The molecule has 1 aliphatic heterocycles. The maximum Gasteiger partial charge on any atom is 0.410 e. The Morgan fingerprint density at radius 2 is 2.25 bits per heavy atom. The van der Waals surface area contributed by atoms with Crippen LogP contribution in [0.5, 0.6) is 0 Å². The monoisotopic (exact) mass is 222 g/mol. The molecule has 88 valence electrons. The molecule has 1 aromatic heterocycles. The van der Waals surface area contributed by atoms with E-state index in [9.17, 15) is 4.79 Å². The number of amides is 1.